The smallest absolute Gasteiger partial charge is 0.410 e. The molecule has 2 aromatic carbocycles. The molecule has 1 saturated carbocycles. The minimum Gasteiger partial charge on any atom is -0.497 e. The van der Waals surface area contributed by atoms with Crippen molar-refractivity contribution in [2.75, 3.05) is 40.4 Å². The van der Waals surface area contributed by atoms with E-state index in [0.717, 1.165) is 49.3 Å². The van der Waals surface area contributed by atoms with Crippen molar-refractivity contribution in [3.63, 3.8) is 0 Å². The van der Waals surface area contributed by atoms with Gasteiger partial charge in [-0.2, -0.15) is 0 Å². The van der Waals surface area contributed by atoms with Gasteiger partial charge in [0.25, 0.3) is 0 Å². The van der Waals surface area contributed by atoms with E-state index in [1.54, 1.807) is 14.2 Å². The lowest BCUT2D eigenvalue weighted by atomic mass is 9.59. The van der Waals surface area contributed by atoms with E-state index in [0.29, 0.717) is 32.1 Å². The Morgan fingerprint density at radius 1 is 1.00 bits per heavy atom. The van der Waals surface area contributed by atoms with E-state index >= 15 is 0 Å². The number of carbonyl (C=O) groups is 2. The number of amides is 2. The fraction of sp³-hybridized carbons (Fsp3) is 0.600. The van der Waals surface area contributed by atoms with Gasteiger partial charge in [-0.15, -0.1) is 0 Å². The number of piperazine rings is 1. The molecular formula is C35H49N3O5. The second kappa shape index (κ2) is 12.4. The SMILES string of the molecule is COc1cc(CN2CC(=O)N(C3CC4(CCN(C(=O)OC(C)(C)C)CC4)C3)C(c3ccccc3C(C)C)C2)cc(OC)c1. The first-order valence-electron chi connectivity index (χ1n) is 15.7. The molecule has 234 valence electrons. The molecule has 1 atom stereocenters. The summed E-state index contributed by atoms with van der Waals surface area (Å²) < 4.78 is 16.6. The van der Waals surface area contributed by atoms with Crippen LogP contribution in [0, 0.1) is 5.41 Å². The van der Waals surface area contributed by atoms with Gasteiger partial charge in [-0.05, 0) is 86.6 Å². The zero-order valence-electron chi connectivity index (χ0n) is 27.0. The molecule has 0 radical (unpaired) electrons. The Hall–Kier alpha value is -3.26. The van der Waals surface area contributed by atoms with Crippen LogP contribution < -0.4 is 9.47 Å². The highest BCUT2D eigenvalue weighted by atomic mass is 16.6. The zero-order valence-corrected chi connectivity index (χ0v) is 27.0. The number of rotatable bonds is 7. The maximum Gasteiger partial charge on any atom is 0.410 e. The van der Waals surface area contributed by atoms with Crippen molar-refractivity contribution in [2.24, 2.45) is 5.41 Å². The summed E-state index contributed by atoms with van der Waals surface area (Å²) in [7, 11) is 3.32. The lowest BCUT2D eigenvalue weighted by molar-refractivity contribution is -0.153. The van der Waals surface area contributed by atoms with E-state index in [1.807, 2.05) is 43.9 Å². The maximum atomic E-state index is 14.1. The number of carbonyl (C=O) groups excluding carboxylic acids is 2. The standard InChI is InChI=1S/C35H49N3O5/c1-24(2)29-10-8-9-11-30(29)31-22-36(21-25-16-27(41-6)18-28(17-25)42-7)23-32(39)38(31)26-19-35(20-26)12-14-37(15-13-35)33(40)43-34(3,4)5/h8-11,16-18,24,26,31H,12-15,19-23H2,1-7H3. The fourth-order valence-electron chi connectivity index (χ4n) is 7.26. The van der Waals surface area contributed by atoms with Gasteiger partial charge in [-0.1, -0.05) is 38.1 Å². The molecule has 3 fully saturated rings. The van der Waals surface area contributed by atoms with E-state index in [4.69, 9.17) is 14.2 Å². The van der Waals surface area contributed by atoms with Gasteiger partial charge in [-0.25, -0.2) is 4.79 Å². The van der Waals surface area contributed by atoms with Crippen LogP contribution in [0.5, 0.6) is 11.5 Å². The molecule has 3 aliphatic rings. The van der Waals surface area contributed by atoms with Crippen LogP contribution in [0.2, 0.25) is 0 Å². The molecule has 0 bridgehead atoms. The van der Waals surface area contributed by atoms with Crippen molar-refractivity contribution in [3.8, 4) is 11.5 Å². The summed E-state index contributed by atoms with van der Waals surface area (Å²) in [6.45, 7) is 13.4. The largest absolute Gasteiger partial charge is 0.497 e. The quantitative estimate of drug-likeness (QED) is 0.372. The van der Waals surface area contributed by atoms with Crippen LogP contribution in [-0.4, -0.2) is 78.7 Å². The second-order valence-electron chi connectivity index (χ2n) is 14.0. The highest BCUT2D eigenvalue weighted by Gasteiger charge is 2.52. The summed E-state index contributed by atoms with van der Waals surface area (Å²) in [5.41, 5.74) is 3.32. The summed E-state index contributed by atoms with van der Waals surface area (Å²) in [5, 5.41) is 0. The van der Waals surface area contributed by atoms with Gasteiger partial charge in [-0.3, -0.25) is 9.69 Å². The average Bonchev–Trinajstić information content (AvgIpc) is 2.94. The van der Waals surface area contributed by atoms with E-state index in [9.17, 15) is 9.59 Å². The van der Waals surface area contributed by atoms with Gasteiger partial charge < -0.3 is 24.0 Å². The second-order valence-corrected chi connectivity index (χ2v) is 14.0. The zero-order chi connectivity index (χ0) is 30.9. The molecule has 0 N–H and O–H groups in total. The van der Waals surface area contributed by atoms with Crippen LogP contribution in [0.1, 0.15) is 89.0 Å². The highest BCUT2D eigenvalue weighted by Crippen LogP contribution is 2.53. The molecular weight excluding hydrogens is 542 g/mol. The third-order valence-electron chi connectivity index (χ3n) is 9.41. The van der Waals surface area contributed by atoms with Crippen LogP contribution in [0.3, 0.4) is 0 Å². The molecule has 2 heterocycles. The average molecular weight is 592 g/mol. The van der Waals surface area contributed by atoms with Gasteiger partial charge in [0.1, 0.15) is 17.1 Å². The van der Waals surface area contributed by atoms with Crippen molar-refractivity contribution in [1.29, 1.82) is 0 Å². The van der Waals surface area contributed by atoms with Gasteiger partial charge >= 0.3 is 6.09 Å². The van der Waals surface area contributed by atoms with Crippen LogP contribution in [-0.2, 0) is 16.1 Å². The monoisotopic (exact) mass is 591 g/mol. The molecule has 1 spiro atoms. The normalized spacial score (nSPS) is 21.2. The summed E-state index contributed by atoms with van der Waals surface area (Å²) in [6.07, 6.45) is 3.69. The highest BCUT2D eigenvalue weighted by molar-refractivity contribution is 5.80. The predicted molar refractivity (Wildman–Crippen MR) is 167 cm³/mol. The minimum absolute atomic E-state index is 0.0171. The van der Waals surface area contributed by atoms with Crippen LogP contribution >= 0.6 is 0 Å². The third-order valence-corrected chi connectivity index (χ3v) is 9.41. The molecule has 0 aromatic heterocycles. The number of methoxy groups -OCH3 is 2. The van der Waals surface area contributed by atoms with Gasteiger partial charge in [0.15, 0.2) is 0 Å². The predicted octanol–water partition coefficient (Wildman–Crippen LogP) is 6.39. The van der Waals surface area contributed by atoms with E-state index in [2.05, 4.69) is 47.9 Å². The lowest BCUT2D eigenvalue weighted by Crippen LogP contribution is -2.62. The Labute approximate surface area is 257 Å². The topological polar surface area (TPSA) is 71.6 Å². The minimum atomic E-state index is -0.490. The van der Waals surface area contributed by atoms with Crippen molar-refractivity contribution >= 4 is 12.0 Å². The van der Waals surface area contributed by atoms with Crippen molar-refractivity contribution in [3.05, 3.63) is 59.2 Å². The van der Waals surface area contributed by atoms with Crippen molar-refractivity contribution in [2.45, 2.75) is 90.4 Å². The van der Waals surface area contributed by atoms with Gasteiger partial charge in [0, 0.05) is 38.3 Å². The van der Waals surface area contributed by atoms with Crippen molar-refractivity contribution < 1.29 is 23.8 Å². The number of hydrogen-bond acceptors (Lipinski definition) is 6. The van der Waals surface area contributed by atoms with Crippen molar-refractivity contribution in [1.82, 2.24) is 14.7 Å². The van der Waals surface area contributed by atoms with E-state index in [1.165, 1.54) is 11.1 Å². The first-order valence-corrected chi connectivity index (χ1v) is 15.7. The fourth-order valence-corrected chi connectivity index (χ4v) is 7.26. The molecule has 2 saturated heterocycles. The molecule has 2 aliphatic heterocycles. The Bertz CT molecular complexity index is 1280. The number of likely N-dealkylation sites (tertiary alicyclic amines) is 1. The maximum absolute atomic E-state index is 14.1. The first kappa shape index (κ1) is 31.2. The summed E-state index contributed by atoms with van der Waals surface area (Å²) >= 11 is 0. The Morgan fingerprint density at radius 2 is 1.63 bits per heavy atom. The Kier molecular flexibility index (Phi) is 8.98. The first-order chi connectivity index (χ1) is 20.4. The third kappa shape index (κ3) is 6.95. The number of benzene rings is 2. The van der Waals surface area contributed by atoms with Crippen LogP contribution in [0.4, 0.5) is 4.79 Å². The van der Waals surface area contributed by atoms with Crippen LogP contribution in [0.15, 0.2) is 42.5 Å². The summed E-state index contributed by atoms with van der Waals surface area (Å²) in [6, 6.07) is 14.7. The number of piperidine rings is 1. The molecule has 2 amide bonds. The molecule has 43 heavy (non-hydrogen) atoms. The molecule has 8 heteroatoms. The summed E-state index contributed by atoms with van der Waals surface area (Å²) in [4.78, 5) is 33.0. The molecule has 1 unspecified atom stereocenters. The molecule has 2 aromatic rings. The number of hydrogen-bond donors (Lipinski definition) is 0. The van der Waals surface area contributed by atoms with Crippen LogP contribution in [0.25, 0.3) is 0 Å². The lowest BCUT2D eigenvalue weighted by Gasteiger charge is -2.58. The van der Waals surface area contributed by atoms with E-state index < -0.39 is 5.60 Å². The number of nitrogens with zero attached hydrogens (tertiary/aromatic N) is 3. The number of ether oxygens (including phenoxy) is 3. The van der Waals surface area contributed by atoms with Gasteiger partial charge in [0.2, 0.25) is 5.91 Å². The summed E-state index contributed by atoms with van der Waals surface area (Å²) in [5.74, 6) is 2.05. The molecule has 5 rings (SSSR count). The van der Waals surface area contributed by atoms with E-state index in [-0.39, 0.29) is 29.5 Å². The Morgan fingerprint density at radius 3 is 2.21 bits per heavy atom. The Balaban J connectivity index is 1.33. The molecule has 1 aliphatic carbocycles. The van der Waals surface area contributed by atoms with Gasteiger partial charge in [0.05, 0.1) is 26.8 Å². The molecule has 8 nitrogen and oxygen atoms in total.